The van der Waals surface area contributed by atoms with E-state index in [-0.39, 0.29) is 25.2 Å². The fourth-order valence-electron chi connectivity index (χ4n) is 5.80. The highest BCUT2D eigenvalue weighted by Gasteiger charge is 2.17. The van der Waals surface area contributed by atoms with Gasteiger partial charge in [0, 0.05) is 26.0 Å². The Kier molecular flexibility index (Phi) is 38.9. The van der Waals surface area contributed by atoms with E-state index in [4.69, 9.17) is 14.6 Å². The molecule has 0 aliphatic heterocycles. The highest BCUT2D eigenvalue weighted by atomic mass is 16.6. The van der Waals surface area contributed by atoms with E-state index in [1.807, 2.05) is 7.05 Å². The lowest BCUT2D eigenvalue weighted by atomic mass is 10.1. The number of aliphatic hydroxyl groups is 1. The number of allylic oxidation sites excluding steroid dienone is 8. The number of carbonyl (C=O) groups is 2. The van der Waals surface area contributed by atoms with Crippen LogP contribution in [0.25, 0.3) is 0 Å². The minimum absolute atomic E-state index is 0.121. The minimum atomic E-state index is -0.418. The van der Waals surface area contributed by atoms with E-state index >= 15 is 0 Å². The monoisotopic (exact) mass is 716 g/mol. The summed E-state index contributed by atoms with van der Waals surface area (Å²) >= 11 is 0. The molecule has 0 aromatic heterocycles. The molecule has 0 aromatic carbocycles. The summed E-state index contributed by atoms with van der Waals surface area (Å²) in [6, 6.07) is 0. The summed E-state index contributed by atoms with van der Waals surface area (Å²) in [4.78, 5) is 27.3. The predicted molar refractivity (Wildman–Crippen MR) is 218 cm³/mol. The third-order valence-corrected chi connectivity index (χ3v) is 9.09. The number of hydrogen-bond acceptors (Lipinski definition) is 6. The Labute approximate surface area is 315 Å². The lowest BCUT2D eigenvalue weighted by molar-refractivity contribution is -0.159. The van der Waals surface area contributed by atoms with E-state index in [1.165, 1.54) is 89.9 Å². The standard InChI is InChI=1S/C45H81NO5/c1-4-6-8-10-12-14-16-18-20-22-24-26-28-30-32-37-44(48)50-42-43(36-34-39-46(3)40-35-41-47)51-45(49)38-33-31-29-27-25-23-21-19-17-15-13-11-9-7-5-2/h12-15,24-27,43,47H,4-11,16-23,28-42H2,1-3H3/b14-12-,15-13-,26-24-,27-25-/t43-/m0/s1. The third kappa shape index (κ3) is 38.9. The van der Waals surface area contributed by atoms with E-state index in [9.17, 15) is 9.59 Å². The molecule has 0 heterocycles. The summed E-state index contributed by atoms with van der Waals surface area (Å²) in [5.74, 6) is -0.421. The first-order chi connectivity index (χ1) is 25.0. The summed E-state index contributed by atoms with van der Waals surface area (Å²) in [6.07, 6.45) is 46.3. The van der Waals surface area contributed by atoms with Crippen LogP contribution in [-0.4, -0.2) is 61.4 Å². The molecule has 0 radical (unpaired) electrons. The van der Waals surface area contributed by atoms with Gasteiger partial charge in [0.25, 0.3) is 0 Å². The van der Waals surface area contributed by atoms with E-state index in [0.717, 1.165) is 77.3 Å². The van der Waals surface area contributed by atoms with Gasteiger partial charge >= 0.3 is 11.9 Å². The molecule has 1 N–H and O–H groups in total. The molecule has 51 heavy (non-hydrogen) atoms. The van der Waals surface area contributed by atoms with E-state index in [2.05, 4.69) is 67.4 Å². The van der Waals surface area contributed by atoms with Gasteiger partial charge in [-0.15, -0.1) is 0 Å². The van der Waals surface area contributed by atoms with Gasteiger partial charge in [-0.3, -0.25) is 9.59 Å². The molecule has 6 heteroatoms. The second kappa shape index (κ2) is 40.6. The summed E-state index contributed by atoms with van der Waals surface area (Å²) in [5, 5.41) is 9.09. The summed E-state index contributed by atoms with van der Waals surface area (Å²) in [6.45, 7) is 6.46. The number of esters is 2. The van der Waals surface area contributed by atoms with Crippen molar-refractivity contribution in [1.29, 1.82) is 0 Å². The fraction of sp³-hybridized carbons (Fsp3) is 0.778. The quantitative estimate of drug-likeness (QED) is 0.0390. The number of unbranched alkanes of at least 4 members (excludes halogenated alkanes) is 16. The van der Waals surface area contributed by atoms with Gasteiger partial charge in [0.05, 0.1) is 0 Å². The Balaban J connectivity index is 4.22. The molecule has 1 atom stereocenters. The van der Waals surface area contributed by atoms with Gasteiger partial charge in [0.1, 0.15) is 12.7 Å². The molecule has 296 valence electrons. The van der Waals surface area contributed by atoms with Crippen LogP contribution in [0.15, 0.2) is 48.6 Å². The molecule has 0 spiro atoms. The molecular formula is C45H81NO5. The van der Waals surface area contributed by atoms with E-state index in [1.54, 1.807) is 0 Å². The average molecular weight is 716 g/mol. The van der Waals surface area contributed by atoms with Gasteiger partial charge in [0.15, 0.2) is 0 Å². The first-order valence-electron chi connectivity index (χ1n) is 21.3. The minimum Gasteiger partial charge on any atom is -0.462 e. The van der Waals surface area contributed by atoms with Crippen LogP contribution in [0.2, 0.25) is 0 Å². The molecule has 0 unspecified atom stereocenters. The molecule has 0 saturated heterocycles. The van der Waals surface area contributed by atoms with Crippen LogP contribution in [-0.2, 0) is 19.1 Å². The molecule has 0 bridgehead atoms. The van der Waals surface area contributed by atoms with Crippen molar-refractivity contribution < 1.29 is 24.2 Å². The maximum atomic E-state index is 12.7. The molecular weight excluding hydrogens is 634 g/mol. The highest BCUT2D eigenvalue weighted by Crippen LogP contribution is 2.12. The molecule has 0 rings (SSSR count). The molecule has 6 nitrogen and oxygen atoms in total. The number of ether oxygens (including phenoxy) is 2. The second-order valence-electron chi connectivity index (χ2n) is 14.3. The van der Waals surface area contributed by atoms with Gasteiger partial charge in [-0.1, -0.05) is 88.1 Å². The largest absolute Gasteiger partial charge is 0.462 e. The van der Waals surface area contributed by atoms with Crippen molar-refractivity contribution in [2.75, 3.05) is 33.4 Å². The molecule has 0 aliphatic carbocycles. The van der Waals surface area contributed by atoms with Crippen molar-refractivity contribution >= 4 is 11.9 Å². The Morgan fingerprint density at radius 2 is 0.902 bits per heavy atom. The Morgan fingerprint density at radius 1 is 0.529 bits per heavy atom. The first-order valence-corrected chi connectivity index (χ1v) is 21.3. The van der Waals surface area contributed by atoms with Gasteiger partial charge < -0.3 is 19.5 Å². The number of rotatable bonds is 38. The highest BCUT2D eigenvalue weighted by molar-refractivity contribution is 5.70. The van der Waals surface area contributed by atoms with Gasteiger partial charge in [0.2, 0.25) is 0 Å². The third-order valence-electron chi connectivity index (χ3n) is 9.09. The summed E-state index contributed by atoms with van der Waals surface area (Å²) < 4.78 is 11.4. The van der Waals surface area contributed by atoms with Crippen molar-refractivity contribution in [1.82, 2.24) is 4.90 Å². The molecule has 0 amide bonds. The Bertz CT molecular complexity index is 880. The lowest BCUT2D eigenvalue weighted by Crippen LogP contribution is -2.28. The molecule has 0 aliphatic rings. The average Bonchev–Trinajstić information content (AvgIpc) is 3.12. The maximum Gasteiger partial charge on any atom is 0.306 e. The first kappa shape index (κ1) is 48.8. The zero-order valence-electron chi connectivity index (χ0n) is 33.6. The predicted octanol–water partition coefficient (Wildman–Crippen LogP) is 12.2. The van der Waals surface area contributed by atoms with Crippen molar-refractivity contribution in [3.63, 3.8) is 0 Å². The van der Waals surface area contributed by atoms with Crippen molar-refractivity contribution in [2.45, 2.75) is 193 Å². The SMILES string of the molecule is CCCCC/C=C\CCCC/C=C\CCCCC(=O)OC[C@H](CCCN(C)CCCO)OC(=O)CCCC/C=C\CCCC/C=C\CCCCC. The van der Waals surface area contributed by atoms with Crippen LogP contribution >= 0.6 is 0 Å². The van der Waals surface area contributed by atoms with Gasteiger partial charge in [-0.2, -0.15) is 0 Å². The van der Waals surface area contributed by atoms with Crippen LogP contribution in [0.4, 0.5) is 0 Å². The van der Waals surface area contributed by atoms with Crippen LogP contribution in [0.5, 0.6) is 0 Å². The topological polar surface area (TPSA) is 76.1 Å². The fourth-order valence-corrected chi connectivity index (χ4v) is 5.80. The zero-order valence-corrected chi connectivity index (χ0v) is 33.6. The Hall–Kier alpha value is -2.18. The molecule has 0 saturated carbocycles. The van der Waals surface area contributed by atoms with Gasteiger partial charge in [-0.05, 0) is 148 Å². The van der Waals surface area contributed by atoms with Crippen molar-refractivity contribution in [2.24, 2.45) is 0 Å². The van der Waals surface area contributed by atoms with Crippen LogP contribution in [0.3, 0.4) is 0 Å². The number of hydrogen-bond donors (Lipinski definition) is 1. The second-order valence-corrected chi connectivity index (χ2v) is 14.3. The van der Waals surface area contributed by atoms with Crippen LogP contribution < -0.4 is 0 Å². The smallest absolute Gasteiger partial charge is 0.306 e. The lowest BCUT2D eigenvalue weighted by Gasteiger charge is -2.20. The van der Waals surface area contributed by atoms with Crippen LogP contribution in [0.1, 0.15) is 187 Å². The van der Waals surface area contributed by atoms with Gasteiger partial charge in [-0.25, -0.2) is 0 Å². The normalized spacial score (nSPS) is 12.7. The number of aliphatic hydroxyl groups excluding tert-OH is 1. The van der Waals surface area contributed by atoms with E-state index < -0.39 is 6.10 Å². The Morgan fingerprint density at radius 3 is 1.31 bits per heavy atom. The van der Waals surface area contributed by atoms with E-state index in [0.29, 0.717) is 19.3 Å². The zero-order chi connectivity index (χ0) is 37.3. The van der Waals surface area contributed by atoms with Crippen LogP contribution in [0, 0.1) is 0 Å². The van der Waals surface area contributed by atoms with Crippen molar-refractivity contribution in [3.05, 3.63) is 48.6 Å². The molecule has 0 fully saturated rings. The number of carbonyl (C=O) groups excluding carboxylic acids is 2. The maximum absolute atomic E-state index is 12.7. The number of nitrogens with zero attached hydrogens (tertiary/aromatic N) is 1. The summed E-state index contributed by atoms with van der Waals surface area (Å²) in [7, 11) is 2.03. The summed E-state index contributed by atoms with van der Waals surface area (Å²) in [5.41, 5.74) is 0. The molecule has 0 aromatic rings. The van der Waals surface area contributed by atoms with Crippen molar-refractivity contribution in [3.8, 4) is 0 Å².